The molecule has 0 spiro atoms. The summed E-state index contributed by atoms with van der Waals surface area (Å²) in [5.74, 6) is -0.0608. The van der Waals surface area contributed by atoms with Gasteiger partial charge in [-0.2, -0.15) is 0 Å². The van der Waals surface area contributed by atoms with Crippen LogP contribution < -0.4 is 10.6 Å². The zero-order valence-corrected chi connectivity index (χ0v) is 12.4. The molecule has 0 aliphatic carbocycles. The van der Waals surface area contributed by atoms with Crippen LogP contribution in [0.1, 0.15) is 13.3 Å². The minimum absolute atomic E-state index is 0.0454. The Bertz CT molecular complexity index is 716. The molecular weight excluding hydrogens is 280 g/mol. The first-order valence-electron chi connectivity index (χ1n) is 7.29. The monoisotopic (exact) mass is 298 g/mol. The number of hydrogen-bond acceptors (Lipinski definition) is 3. The van der Waals surface area contributed by atoms with Crippen LogP contribution in [-0.2, 0) is 4.79 Å². The van der Waals surface area contributed by atoms with E-state index < -0.39 is 0 Å². The summed E-state index contributed by atoms with van der Waals surface area (Å²) < 4.78 is 0. The van der Waals surface area contributed by atoms with Gasteiger partial charge in [0.1, 0.15) is 0 Å². The number of pyridine rings is 1. The maximum absolute atomic E-state index is 12.3. The number of fused-ring (bicyclic) bond motifs is 1. The maximum Gasteiger partial charge on any atom is 0.321 e. The summed E-state index contributed by atoms with van der Waals surface area (Å²) in [6.45, 7) is 2.68. The summed E-state index contributed by atoms with van der Waals surface area (Å²) in [6, 6.07) is 9.36. The van der Waals surface area contributed by atoms with Gasteiger partial charge in [-0.15, -0.1) is 0 Å². The maximum atomic E-state index is 12.3. The van der Waals surface area contributed by atoms with Crippen LogP contribution in [0.5, 0.6) is 0 Å². The highest BCUT2D eigenvalue weighted by atomic mass is 16.2. The fourth-order valence-corrected chi connectivity index (χ4v) is 2.71. The van der Waals surface area contributed by atoms with Crippen molar-refractivity contribution in [2.45, 2.75) is 19.4 Å². The third-order valence-electron chi connectivity index (χ3n) is 3.74. The van der Waals surface area contributed by atoms with Crippen LogP contribution in [0.4, 0.5) is 10.5 Å². The Labute approximate surface area is 128 Å². The highest BCUT2D eigenvalue weighted by Gasteiger charge is 2.26. The summed E-state index contributed by atoms with van der Waals surface area (Å²) in [7, 11) is 0. The van der Waals surface area contributed by atoms with Gasteiger partial charge in [0.2, 0.25) is 5.91 Å². The van der Waals surface area contributed by atoms with E-state index in [0.29, 0.717) is 13.1 Å². The van der Waals surface area contributed by atoms with E-state index in [0.717, 1.165) is 23.0 Å². The molecule has 6 nitrogen and oxygen atoms in total. The minimum Gasteiger partial charge on any atom is -0.352 e. The third kappa shape index (κ3) is 3.16. The van der Waals surface area contributed by atoms with Crippen LogP contribution in [0.2, 0.25) is 0 Å². The predicted molar refractivity (Wildman–Crippen MR) is 84.6 cm³/mol. The number of carbonyl (C=O) groups excluding carboxylic acids is 2. The normalized spacial score (nSPS) is 17.5. The molecule has 1 atom stereocenters. The Hall–Kier alpha value is -2.63. The van der Waals surface area contributed by atoms with E-state index in [1.807, 2.05) is 30.3 Å². The van der Waals surface area contributed by atoms with Crippen LogP contribution in [-0.4, -0.2) is 41.0 Å². The molecule has 1 aliphatic heterocycles. The number of nitrogens with zero attached hydrogens (tertiary/aromatic N) is 2. The Kier molecular flexibility index (Phi) is 3.91. The van der Waals surface area contributed by atoms with Crippen LogP contribution in [0.25, 0.3) is 10.9 Å². The first kappa shape index (κ1) is 14.3. The number of anilines is 1. The van der Waals surface area contributed by atoms with Gasteiger partial charge in [0.15, 0.2) is 0 Å². The van der Waals surface area contributed by atoms with E-state index in [1.165, 1.54) is 6.92 Å². The lowest BCUT2D eigenvalue weighted by molar-refractivity contribution is -0.119. The quantitative estimate of drug-likeness (QED) is 0.890. The van der Waals surface area contributed by atoms with Gasteiger partial charge < -0.3 is 15.5 Å². The Morgan fingerprint density at radius 1 is 1.32 bits per heavy atom. The lowest BCUT2D eigenvalue weighted by Crippen LogP contribution is -2.38. The first-order chi connectivity index (χ1) is 10.6. The van der Waals surface area contributed by atoms with Crippen molar-refractivity contribution in [1.82, 2.24) is 15.2 Å². The average molecular weight is 298 g/mol. The van der Waals surface area contributed by atoms with Crippen LogP contribution >= 0.6 is 0 Å². The molecule has 0 bridgehead atoms. The molecule has 1 fully saturated rings. The Balaban J connectivity index is 1.64. The lowest BCUT2D eigenvalue weighted by Gasteiger charge is -2.17. The van der Waals surface area contributed by atoms with Crippen molar-refractivity contribution in [3.8, 4) is 0 Å². The van der Waals surface area contributed by atoms with Crippen molar-refractivity contribution < 1.29 is 9.59 Å². The van der Waals surface area contributed by atoms with Crippen molar-refractivity contribution in [2.75, 3.05) is 18.4 Å². The number of hydrogen-bond donors (Lipinski definition) is 2. The molecule has 3 amide bonds. The van der Waals surface area contributed by atoms with Crippen LogP contribution in [0.15, 0.2) is 36.5 Å². The molecule has 1 aromatic heterocycles. The number of aromatic nitrogens is 1. The van der Waals surface area contributed by atoms with Gasteiger partial charge >= 0.3 is 6.03 Å². The highest BCUT2D eigenvalue weighted by molar-refractivity contribution is 5.92. The summed E-state index contributed by atoms with van der Waals surface area (Å²) in [6.07, 6.45) is 2.53. The zero-order chi connectivity index (χ0) is 15.5. The standard InChI is InChI=1S/C16H18N4O2/c1-11(21)18-14-6-8-20(10-14)16(22)19-13-4-5-15-12(9-13)3-2-7-17-15/h2-5,7,9,14H,6,8,10H2,1H3,(H,18,21)(H,19,22)/t14-/m1/s1. The van der Waals surface area contributed by atoms with E-state index in [2.05, 4.69) is 15.6 Å². The number of benzene rings is 1. The topological polar surface area (TPSA) is 74.3 Å². The van der Waals surface area contributed by atoms with Gasteiger partial charge in [-0.3, -0.25) is 9.78 Å². The molecule has 0 unspecified atom stereocenters. The molecule has 0 radical (unpaired) electrons. The van der Waals surface area contributed by atoms with Gasteiger partial charge in [-0.05, 0) is 30.7 Å². The molecular formula is C16H18N4O2. The minimum atomic E-state index is -0.143. The number of likely N-dealkylation sites (tertiary alicyclic amines) is 1. The molecule has 2 heterocycles. The van der Waals surface area contributed by atoms with Gasteiger partial charge in [0.25, 0.3) is 0 Å². The molecule has 2 N–H and O–H groups in total. The number of carbonyl (C=O) groups is 2. The molecule has 1 aromatic carbocycles. The average Bonchev–Trinajstić information content (AvgIpc) is 2.95. The molecule has 22 heavy (non-hydrogen) atoms. The second-order valence-corrected chi connectivity index (χ2v) is 5.47. The highest BCUT2D eigenvalue weighted by Crippen LogP contribution is 2.18. The fourth-order valence-electron chi connectivity index (χ4n) is 2.71. The number of amides is 3. The van der Waals surface area contributed by atoms with Gasteiger partial charge in [-0.1, -0.05) is 6.07 Å². The summed E-state index contributed by atoms with van der Waals surface area (Å²) >= 11 is 0. The molecule has 6 heteroatoms. The number of rotatable bonds is 2. The second-order valence-electron chi connectivity index (χ2n) is 5.47. The zero-order valence-electron chi connectivity index (χ0n) is 12.4. The van der Waals surface area contributed by atoms with E-state index in [4.69, 9.17) is 0 Å². The van der Waals surface area contributed by atoms with E-state index >= 15 is 0 Å². The lowest BCUT2D eigenvalue weighted by atomic mass is 10.2. The van der Waals surface area contributed by atoms with Crippen molar-refractivity contribution in [3.05, 3.63) is 36.5 Å². The van der Waals surface area contributed by atoms with E-state index in [9.17, 15) is 9.59 Å². The second kappa shape index (κ2) is 6.01. The van der Waals surface area contributed by atoms with Crippen LogP contribution in [0, 0.1) is 0 Å². The third-order valence-corrected chi connectivity index (χ3v) is 3.74. The number of urea groups is 1. The van der Waals surface area contributed by atoms with Crippen molar-refractivity contribution in [3.63, 3.8) is 0 Å². The molecule has 1 aliphatic rings. The molecule has 0 saturated carbocycles. The SMILES string of the molecule is CC(=O)N[C@@H]1CCN(C(=O)Nc2ccc3ncccc3c2)C1. The summed E-state index contributed by atoms with van der Waals surface area (Å²) in [5, 5.41) is 6.73. The van der Waals surface area contributed by atoms with E-state index in [1.54, 1.807) is 11.1 Å². The van der Waals surface area contributed by atoms with Crippen molar-refractivity contribution in [2.24, 2.45) is 0 Å². The molecule has 3 rings (SSSR count). The predicted octanol–water partition coefficient (Wildman–Crippen LogP) is 1.98. The largest absolute Gasteiger partial charge is 0.352 e. The van der Waals surface area contributed by atoms with Crippen molar-refractivity contribution in [1.29, 1.82) is 0 Å². The summed E-state index contributed by atoms with van der Waals surface area (Å²) in [4.78, 5) is 29.3. The van der Waals surface area contributed by atoms with Gasteiger partial charge in [0.05, 0.1) is 5.52 Å². The number of nitrogens with one attached hydrogen (secondary N) is 2. The fraction of sp³-hybridized carbons (Fsp3) is 0.312. The Morgan fingerprint density at radius 2 is 2.18 bits per heavy atom. The Morgan fingerprint density at radius 3 is 3.00 bits per heavy atom. The molecule has 114 valence electrons. The first-order valence-corrected chi connectivity index (χ1v) is 7.29. The summed E-state index contributed by atoms with van der Waals surface area (Å²) in [5.41, 5.74) is 1.64. The van der Waals surface area contributed by atoms with Gasteiger partial charge in [-0.25, -0.2) is 4.79 Å². The van der Waals surface area contributed by atoms with Crippen molar-refractivity contribution >= 4 is 28.5 Å². The molecule has 2 aromatic rings. The smallest absolute Gasteiger partial charge is 0.321 e. The van der Waals surface area contributed by atoms with Gasteiger partial charge in [0, 0.05) is 43.3 Å². The van der Waals surface area contributed by atoms with E-state index in [-0.39, 0.29) is 18.0 Å². The van der Waals surface area contributed by atoms with Crippen LogP contribution in [0.3, 0.4) is 0 Å². The molecule has 1 saturated heterocycles.